The maximum absolute atomic E-state index is 10.6. The number of aliphatic hydroxyl groups excluding tert-OH is 1. The molecule has 62 valence electrons. The van der Waals surface area contributed by atoms with E-state index in [0.717, 1.165) is 12.8 Å². The van der Waals surface area contributed by atoms with E-state index in [1.165, 1.54) is 25.8 Å². The van der Waals surface area contributed by atoms with Crippen LogP contribution in [0.5, 0.6) is 0 Å². The standard InChI is InChI=1S/C9H14O2/c1-7(10)6-9(11)8-4-2-3-5-8/h6,8,11H,2-5H2,1H3/b9-6-. The summed E-state index contributed by atoms with van der Waals surface area (Å²) in [7, 11) is 0. The molecule has 0 heterocycles. The monoisotopic (exact) mass is 154 g/mol. The highest BCUT2D eigenvalue weighted by atomic mass is 16.3. The molecule has 0 atom stereocenters. The minimum Gasteiger partial charge on any atom is -0.512 e. The smallest absolute Gasteiger partial charge is 0.155 e. The van der Waals surface area contributed by atoms with E-state index in [4.69, 9.17) is 0 Å². The molecule has 0 amide bonds. The summed E-state index contributed by atoms with van der Waals surface area (Å²) in [6.07, 6.45) is 5.78. The lowest BCUT2D eigenvalue weighted by Gasteiger charge is -2.05. The number of hydrogen-bond acceptors (Lipinski definition) is 2. The zero-order chi connectivity index (χ0) is 8.27. The van der Waals surface area contributed by atoms with Crippen molar-refractivity contribution in [1.82, 2.24) is 0 Å². The van der Waals surface area contributed by atoms with Gasteiger partial charge in [-0.15, -0.1) is 0 Å². The van der Waals surface area contributed by atoms with Crippen LogP contribution in [0.2, 0.25) is 0 Å². The van der Waals surface area contributed by atoms with Gasteiger partial charge in [-0.25, -0.2) is 0 Å². The summed E-state index contributed by atoms with van der Waals surface area (Å²) >= 11 is 0. The van der Waals surface area contributed by atoms with Crippen molar-refractivity contribution in [3.8, 4) is 0 Å². The van der Waals surface area contributed by atoms with E-state index in [2.05, 4.69) is 0 Å². The Hall–Kier alpha value is -0.790. The van der Waals surface area contributed by atoms with Crippen molar-refractivity contribution < 1.29 is 9.90 Å². The van der Waals surface area contributed by atoms with Crippen molar-refractivity contribution in [2.75, 3.05) is 0 Å². The zero-order valence-corrected chi connectivity index (χ0v) is 6.84. The highest BCUT2D eigenvalue weighted by Crippen LogP contribution is 2.29. The molecule has 1 fully saturated rings. The first-order valence-corrected chi connectivity index (χ1v) is 4.11. The van der Waals surface area contributed by atoms with Gasteiger partial charge in [0, 0.05) is 12.0 Å². The quantitative estimate of drug-likeness (QED) is 0.489. The van der Waals surface area contributed by atoms with Gasteiger partial charge in [0.05, 0.1) is 5.76 Å². The lowest BCUT2D eigenvalue weighted by molar-refractivity contribution is -0.112. The molecule has 1 N–H and O–H groups in total. The lowest BCUT2D eigenvalue weighted by Crippen LogP contribution is -1.99. The molecule has 0 bridgehead atoms. The molecule has 1 saturated carbocycles. The molecule has 0 aromatic heterocycles. The molecule has 1 aliphatic rings. The third kappa shape index (κ3) is 2.37. The van der Waals surface area contributed by atoms with Gasteiger partial charge in [-0.3, -0.25) is 4.79 Å². The van der Waals surface area contributed by atoms with Crippen LogP contribution in [0.1, 0.15) is 32.6 Å². The second-order valence-corrected chi connectivity index (χ2v) is 3.16. The molecular weight excluding hydrogens is 140 g/mol. The summed E-state index contributed by atoms with van der Waals surface area (Å²) in [5, 5.41) is 9.36. The van der Waals surface area contributed by atoms with Gasteiger partial charge in [-0.2, -0.15) is 0 Å². The zero-order valence-electron chi connectivity index (χ0n) is 6.84. The van der Waals surface area contributed by atoms with Gasteiger partial charge < -0.3 is 5.11 Å². The van der Waals surface area contributed by atoms with E-state index in [0.29, 0.717) is 0 Å². The molecule has 0 saturated heterocycles. The Morgan fingerprint density at radius 3 is 2.45 bits per heavy atom. The van der Waals surface area contributed by atoms with Crippen molar-refractivity contribution in [2.24, 2.45) is 5.92 Å². The second-order valence-electron chi connectivity index (χ2n) is 3.16. The SMILES string of the molecule is CC(=O)/C=C(\O)C1CCCC1. The predicted molar refractivity (Wildman–Crippen MR) is 43.4 cm³/mol. The molecular formula is C9H14O2. The summed E-state index contributed by atoms with van der Waals surface area (Å²) in [4.78, 5) is 10.6. The number of ketones is 1. The van der Waals surface area contributed by atoms with Crippen molar-refractivity contribution in [2.45, 2.75) is 32.6 Å². The minimum atomic E-state index is -0.0607. The Balaban J connectivity index is 2.51. The normalized spacial score (nSPS) is 20.6. The first-order valence-electron chi connectivity index (χ1n) is 4.11. The van der Waals surface area contributed by atoms with E-state index >= 15 is 0 Å². The Morgan fingerprint density at radius 1 is 1.45 bits per heavy atom. The fraction of sp³-hybridized carbons (Fsp3) is 0.667. The number of allylic oxidation sites excluding steroid dienone is 2. The van der Waals surface area contributed by atoms with Gasteiger partial charge in [0.25, 0.3) is 0 Å². The number of carbonyl (C=O) groups excluding carboxylic acids is 1. The largest absolute Gasteiger partial charge is 0.512 e. The highest BCUT2D eigenvalue weighted by molar-refractivity contribution is 5.87. The van der Waals surface area contributed by atoms with Gasteiger partial charge >= 0.3 is 0 Å². The van der Waals surface area contributed by atoms with Crippen LogP contribution >= 0.6 is 0 Å². The number of hydrogen-bond donors (Lipinski definition) is 1. The van der Waals surface area contributed by atoms with Crippen molar-refractivity contribution in [3.05, 3.63) is 11.8 Å². The van der Waals surface area contributed by atoms with Gasteiger partial charge in [0.1, 0.15) is 0 Å². The number of rotatable bonds is 2. The van der Waals surface area contributed by atoms with E-state index in [9.17, 15) is 9.90 Å². The van der Waals surface area contributed by atoms with Crippen LogP contribution in [0.25, 0.3) is 0 Å². The first-order chi connectivity index (χ1) is 5.20. The molecule has 1 aliphatic carbocycles. The summed E-state index contributed by atoms with van der Waals surface area (Å²) < 4.78 is 0. The van der Waals surface area contributed by atoms with Crippen LogP contribution < -0.4 is 0 Å². The van der Waals surface area contributed by atoms with Crippen LogP contribution in [0.4, 0.5) is 0 Å². The van der Waals surface area contributed by atoms with Crippen molar-refractivity contribution >= 4 is 5.78 Å². The van der Waals surface area contributed by atoms with Gasteiger partial charge in [-0.1, -0.05) is 12.8 Å². The predicted octanol–water partition coefficient (Wildman–Crippen LogP) is 2.21. The average Bonchev–Trinajstić information content (AvgIpc) is 2.35. The summed E-state index contributed by atoms with van der Waals surface area (Å²) in [6, 6.07) is 0. The molecule has 0 spiro atoms. The van der Waals surface area contributed by atoms with Crippen LogP contribution in [-0.4, -0.2) is 10.9 Å². The van der Waals surface area contributed by atoms with E-state index < -0.39 is 0 Å². The van der Waals surface area contributed by atoms with Crippen molar-refractivity contribution in [3.63, 3.8) is 0 Å². The van der Waals surface area contributed by atoms with Crippen molar-refractivity contribution in [1.29, 1.82) is 0 Å². The topological polar surface area (TPSA) is 37.3 Å². The van der Waals surface area contributed by atoms with Crippen LogP contribution in [0.3, 0.4) is 0 Å². The molecule has 11 heavy (non-hydrogen) atoms. The summed E-state index contributed by atoms with van der Waals surface area (Å²) in [6.45, 7) is 1.46. The molecule has 0 aromatic rings. The minimum absolute atomic E-state index is 0.0607. The highest BCUT2D eigenvalue weighted by Gasteiger charge is 2.18. The maximum Gasteiger partial charge on any atom is 0.155 e. The average molecular weight is 154 g/mol. The van der Waals surface area contributed by atoms with Crippen LogP contribution in [0.15, 0.2) is 11.8 Å². The molecule has 0 aliphatic heterocycles. The Bertz CT molecular complexity index is 176. The Morgan fingerprint density at radius 2 is 2.00 bits per heavy atom. The third-order valence-electron chi connectivity index (χ3n) is 2.12. The molecule has 0 aromatic carbocycles. The van der Waals surface area contributed by atoms with Crippen LogP contribution in [0, 0.1) is 5.92 Å². The second kappa shape index (κ2) is 3.56. The number of aliphatic hydroxyl groups is 1. The molecule has 2 heteroatoms. The molecule has 0 radical (unpaired) electrons. The lowest BCUT2D eigenvalue weighted by atomic mass is 10.1. The fourth-order valence-corrected chi connectivity index (χ4v) is 1.55. The van der Waals surface area contributed by atoms with Gasteiger partial charge in [-0.05, 0) is 19.8 Å². The fourth-order valence-electron chi connectivity index (χ4n) is 1.55. The summed E-state index contributed by atoms with van der Waals surface area (Å²) in [5.74, 6) is 0.489. The van der Waals surface area contributed by atoms with Gasteiger partial charge in [0.15, 0.2) is 5.78 Å². The number of carbonyl (C=O) groups is 1. The van der Waals surface area contributed by atoms with Gasteiger partial charge in [0.2, 0.25) is 0 Å². The van der Waals surface area contributed by atoms with E-state index in [1.807, 2.05) is 0 Å². The Kier molecular flexibility index (Phi) is 2.69. The maximum atomic E-state index is 10.6. The summed E-state index contributed by atoms with van der Waals surface area (Å²) in [5.41, 5.74) is 0. The van der Waals surface area contributed by atoms with E-state index in [1.54, 1.807) is 0 Å². The van der Waals surface area contributed by atoms with E-state index in [-0.39, 0.29) is 17.5 Å². The molecule has 2 nitrogen and oxygen atoms in total. The first kappa shape index (κ1) is 8.31. The Labute approximate surface area is 66.9 Å². The molecule has 0 unspecified atom stereocenters. The van der Waals surface area contributed by atoms with Crippen LogP contribution in [-0.2, 0) is 4.79 Å². The third-order valence-corrected chi connectivity index (χ3v) is 2.12. The molecule has 1 rings (SSSR count).